The average Bonchev–Trinajstić information content (AvgIpc) is 2.50. The lowest BCUT2D eigenvalue weighted by Gasteiger charge is -2.09. The summed E-state index contributed by atoms with van der Waals surface area (Å²) in [6.07, 6.45) is 1.66. The van der Waals surface area contributed by atoms with Crippen LogP contribution in [0.15, 0.2) is 28.0 Å². The highest BCUT2D eigenvalue weighted by atomic mass is 32.2. The molecule has 1 heterocycles. The van der Waals surface area contributed by atoms with Crippen LogP contribution < -0.4 is 0 Å². The van der Waals surface area contributed by atoms with Crippen LogP contribution >= 0.6 is 0 Å². The van der Waals surface area contributed by atoms with E-state index in [1.807, 2.05) is 13.0 Å². The maximum atomic E-state index is 12.2. The zero-order valence-electron chi connectivity index (χ0n) is 9.27. The van der Waals surface area contributed by atoms with Gasteiger partial charge in [0, 0.05) is 5.92 Å². The van der Waals surface area contributed by atoms with Crippen molar-refractivity contribution in [2.45, 2.75) is 18.7 Å². The van der Waals surface area contributed by atoms with Crippen molar-refractivity contribution in [1.29, 1.82) is 0 Å². The fraction of sp³-hybridized carbons (Fsp3) is 0.333. The van der Waals surface area contributed by atoms with Gasteiger partial charge in [-0.15, -0.1) is 0 Å². The molecule has 1 aromatic rings. The van der Waals surface area contributed by atoms with Gasteiger partial charge in [-0.05, 0) is 30.2 Å². The van der Waals surface area contributed by atoms with Crippen LogP contribution in [0.25, 0.3) is 6.08 Å². The molecule has 0 bridgehead atoms. The molecule has 0 saturated carbocycles. The first-order valence-corrected chi connectivity index (χ1v) is 6.63. The van der Waals surface area contributed by atoms with Crippen molar-refractivity contribution in [3.05, 3.63) is 34.2 Å². The molecule has 0 aromatic heterocycles. The van der Waals surface area contributed by atoms with Gasteiger partial charge >= 0.3 is 0 Å². The van der Waals surface area contributed by atoms with Crippen LogP contribution in [-0.2, 0) is 9.84 Å². The lowest BCUT2D eigenvalue weighted by molar-refractivity contribution is 0.260. The molecular formula is C12H14O3S. The monoisotopic (exact) mass is 238 g/mol. The Bertz CT molecular complexity index is 556. The molecule has 0 saturated heterocycles. The van der Waals surface area contributed by atoms with E-state index in [-0.39, 0.29) is 12.5 Å². The molecule has 0 spiro atoms. The highest BCUT2D eigenvalue weighted by Gasteiger charge is 2.32. The first-order chi connectivity index (χ1) is 7.46. The number of aliphatic hydroxyl groups is 1. The average molecular weight is 238 g/mol. The topological polar surface area (TPSA) is 54.4 Å². The fourth-order valence-electron chi connectivity index (χ4n) is 1.85. The van der Waals surface area contributed by atoms with Crippen LogP contribution in [0.3, 0.4) is 0 Å². The molecule has 1 N–H and O–H groups in total. The molecule has 1 aliphatic rings. The highest BCUT2D eigenvalue weighted by molar-refractivity contribution is 7.95. The number of aliphatic hydroxyl groups excluding tert-OH is 1. The number of hydrogen-bond donors (Lipinski definition) is 1. The second kappa shape index (κ2) is 3.71. The van der Waals surface area contributed by atoms with Crippen molar-refractivity contribution >= 4 is 15.9 Å². The Hall–Kier alpha value is -1.13. The molecule has 4 heteroatoms. The Morgan fingerprint density at radius 1 is 1.38 bits per heavy atom. The first kappa shape index (κ1) is 11.4. The number of sulfone groups is 1. The Balaban J connectivity index is 2.60. The summed E-state index contributed by atoms with van der Waals surface area (Å²) in [5.41, 5.74) is 1.65. The minimum atomic E-state index is -3.38. The summed E-state index contributed by atoms with van der Waals surface area (Å²) in [7, 11) is -3.38. The number of rotatable bonds is 2. The van der Waals surface area contributed by atoms with Crippen LogP contribution in [0.5, 0.6) is 0 Å². The molecule has 1 atom stereocenters. The Kier molecular flexibility index (Phi) is 2.64. The van der Waals surface area contributed by atoms with Gasteiger partial charge in [0.25, 0.3) is 0 Å². The van der Waals surface area contributed by atoms with E-state index in [2.05, 4.69) is 0 Å². The molecule has 2 rings (SSSR count). The molecule has 0 amide bonds. The lowest BCUT2D eigenvalue weighted by Crippen LogP contribution is -2.11. The van der Waals surface area contributed by atoms with Gasteiger partial charge in [0.1, 0.15) is 0 Å². The van der Waals surface area contributed by atoms with Crippen molar-refractivity contribution in [3.8, 4) is 0 Å². The zero-order chi connectivity index (χ0) is 11.9. The van der Waals surface area contributed by atoms with Crippen LogP contribution in [-0.4, -0.2) is 20.1 Å². The number of aryl methyl sites for hydroxylation is 1. The molecule has 86 valence electrons. The zero-order valence-corrected chi connectivity index (χ0v) is 10.1. The standard InChI is InChI=1S/C12H14O3S/c1-8-3-4-10-6-11(9(2)7-13)16(14,15)12(10)5-8/h3-6,9,13H,7H2,1-2H3. The summed E-state index contributed by atoms with van der Waals surface area (Å²) in [6.45, 7) is 3.42. The maximum absolute atomic E-state index is 12.2. The smallest absolute Gasteiger partial charge is 0.203 e. The largest absolute Gasteiger partial charge is 0.396 e. The molecule has 16 heavy (non-hydrogen) atoms. The van der Waals surface area contributed by atoms with E-state index in [1.54, 1.807) is 25.1 Å². The minimum Gasteiger partial charge on any atom is -0.396 e. The first-order valence-electron chi connectivity index (χ1n) is 5.15. The van der Waals surface area contributed by atoms with E-state index in [4.69, 9.17) is 5.11 Å². The van der Waals surface area contributed by atoms with Gasteiger partial charge in [-0.3, -0.25) is 0 Å². The number of fused-ring (bicyclic) bond motifs is 1. The fourth-order valence-corrected chi connectivity index (χ4v) is 3.77. The normalized spacial score (nSPS) is 19.1. The quantitative estimate of drug-likeness (QED) is 0.854. The molecule has 0 aliphatic carbocycles. The summed E-state index contributed by atoms with van der Waals surface area (Å²) in [6, 6.07) is 5.37. The third-order valence-electron chi connectivity index (χ3n) is 2.83. The lowest BCUT2D eigenvalue weighted by atomic mass is 10.1. The van der Waals surface area contributed by atoms with Gasteiger partial charge in [-0.2, -0.15) is 0 Å². The summed E-state index contributed by atoms with van der Waals surface area (Å²) in [5.74, 6) is -0.349. The van der Waals surface area contributed by atoms with Crippen LogP contribution in [0, 0.1) is 12.8 Å². The molecule has 1 aromatic carbocycles. The second-order valence-corrected chi connectivity index (χ2v) is 6.09. The van der Waals surface area contributed by atoms with E-state index in [1.165, 1.54) is 0 Å². The van der Waals surface area contributed by atoms with Gasteiger partial charge in [-0.25, -0.2) is 8.42 Å². The Morgan fingerprint density at radius 2 is 2.06 bits per heavy atom. The van der Waals surface area contributed by atoms with Crippen molar-refractivity contribution in [1.82, 2.24) is 0 Å². The summed E-state index contributed by atoms with van der Waals surface area (Å²) in [5, 5.41) is 9.06. The van der Waals surface area contributed by atoms with Gasteiger partial charge in [0.05, 0.1) is 16.4 Å². The van der Waals surface area contributed by atoms with Crippen molar-refractivity contribution in [3.63, 3.8) is 0 Å². The third-order valence-corrected chi connectivity index (χ3v) is 4.90. The van der Waals surface area contributed by atoms with Crippen molar-refractivity contribution in [2.75, 3.05) is 6.61 Å². The molecular weight excluding hydrogens is 224 g/mol. The SMILES string of the molecule is Cc1ccc2c(c1)S(=O)(=O)C(C(C)CO)=C2. The minimum absolute atomic E-state index is 0.155. The second-order valence-electron chi connectivity index (χ2n) is 4.18. The van der Waals surface area contributed by atoms with Crippen LogP contribution in [0.2, 0.25) is 0 Å². The Labute approximate surface area is 95.3 Å². The number of benzene rings is 1. The predicted octanol–water partition coefficient (Wildman–Crippen LogP) is 1.75. The van der Waals surface area contributed by atoms with E-state index >= 15 is 0 Å². The van der Waals surface area contributed by atoms with Gasteiger partial charge < -0.3 is 5.11 Å². The van der Waals surface area contributed by atoms with Crippen molar-refractivity contribution in [2.24, 2.45) is 5.92 Å². The van der Waals surface area contributed by atoms with E-state index in [0.717, 1.165) is 11.1 Å². The Morgan fingerprint density at radius 3 is 2.69 bits per heavy atom. The molecule has 1 aliphatic heterocycles. The molecule has 1 unspecified atom stereocenters. The molecule has 0 radical (unpaired) electrons. The van der Waals surface area contributed by atoms with Crippen LogP contribution in [0.1, 0.15) is 18.1 Å². The molecule has 0 fully saturated rings. The summed E-state index contributed by atoms with van der Waals surface area (Å²) >= 11 is 0. The summed E-state index contributed by atoms with van der Waals surface area (Å²) < 4.78 is 24.3. The highest BCUT2D eigenvalue weighted by Crippen LogP contribution is 2.36. The number of hydrogen-bond acceptors (Lipinski definition) is 3. The van der Waals surface area contributed by atoms with Gasteiger partial charge in [0.15, 0.2) is 0 Å². The maximum Gasteiger partial charge on any atom is 0.203 e. The van der Waals surface area contributed by atoms with Gasteiger partial charge in [-0.1, -0.05) is 19.1 Å². The molecule has 3 nitrogen and oxygen atoms in total. The van der Waals surface area contributed by atoms with Crippen molar-refractivity contribution < 1.29 is 13.5 Å². The van der Waals surface area contributed by atoms with Gasteiger partial charge in [0.2, 0.25) is 9.84 Å². The van der Waals surface area contributed by atoms with E-state index < -0.39 is 9.84 Å². The van der Waals surface area contributed by atoms with E-state index in [0.29, 0.717) is 9.80 Å². The third kappa shape index (κ3) is 1.58. The summed E-state index contributed by atoms with van der Waals surface area (Å²) in [4.78, 5) is 0.679. The van der Waals surface area contributed by atoms with Crippen LogP contribution in [0.4, 0.5) is 0 Å². The predicted molar refractivity (Wildman–Crippen MR) is 62.6 cm³/mol. The van der Waals surface area contributed by atoms with E-state index in [9.17, 15) is 8.42 Å².